The first kappa shape index (κ1) is 22.9. The lowest BCUT2D eigenvalue weighted by Gasteiger charge is -2.32. The van der Waals surface area contributed by atoms with Gasteiger partial charge in [-0.1, -0.05) is 41.0 Å². The van der Waals surface area contributed by atoms with Gasteiger partial charge in [0.2, 0.25) is 0 Å². The molecule has 0 saturated heterocycles. The van der Waals surface area contributed by atoms with Crippen LogP contribution >= 0.6 is 0 Å². The van der Waals surface area contributed by atoms with Crippen LogP contribution in [0.2, 0.25) is 0 Å². The number of ether oxygens (including phenoxy) is 1. The first-order valence-electron chi connectivity index (χ1n) is 9.27. The smallest absolute Gasteiger partial charge is 0.309 e. The quantitative estimate of drug-likeness (QED) is 0.450. The van der Waals surface area contributed by atoms with Crippen molar-refractivity contribution in [1.82, 2.24) is 0 Å². The van der Waals surface area contributed by atoms with Gasteiger partial charge >= 0.3 is 11.9 Å². The molecule has 0 saturated carbocycles. The second-order valence-electron chi connectivity index (χ2n) is 7.08. The monoisotopic (exact) mass is 344 g/mol. The molecule has 0 bridgehead atoms. The van der Waals surface area contributed by atoms with Crippen molar-refractivity contribution in [2.45, 2.75) is 79.6 Å². The van der Waals surface area contributed by atoms with E-state index in [-0.39, 0.29) is 5.92 Å². The van der Waals surface area contributed by atoms with Crippen LogP contribution in [0.5, 0.6) is 0 Å². The van der Waals surface area contributed by atoms with Crippen LogP contribution in [0.4, 0.5) is 0 Å². The van der Waals surface area contributed by atoms with Gasteiger partial charge in [0.15, 0.2) is 0 Å². The number of carboxylic acids is 2. The van der Waals surface area contributed by atoms with Crippen molar-refractivity contribution in [2.24, 2.45) is 16.7 Å². The van der Waals surface area contributed by atoms with Crippen molar-refractivity contribution in [1.29, 1.82) is 0 Å². The highest BCUT2D eigenvalue weighted by Crippen LogP contribution is 2.36. The zero-order valence-corrected chi connectivity index (χ0v) is 16.1. The molecule has 0 aliphatic rings. The molecule has 1 unspecified atom stereocenters. The highest BCUT2D eigenvalue weighted by atomic mass is 16.5. The number of rotatable bonds is 14. The molecule has 0 aliphatic heterocycles. The van der Waals surface area contributed by atoms with Gasteiger partial charge in [0.05, 0.1) is 10.8 Å². The predicted octanol–water partition coefficient (Wildman–Crippen LogP) is 4.59. The van der Waals surface area contributed by atoms with E-state index >= 15 is 0 Å². The summed E-state index contributed by atoms with van der Waals surface area (Å²) in [5, 5.41) is 18.9. The minimum atomic E-state index is -0.749. The Morgan fingerprint density at radius 2 is 1.46 bits per heavy atom. The van der Waals surface area contributed by atoms with Crippen LogP contribution in [0, 0.1) is 16.7 Å². The molecule has 2 N–H and O–H groups in total. The van der Waals surface area contributed by atoms with Gasteiger partial charge in [-0.05, 0) is 44.4 Å². The summed E-state index contributed by atoms with van der Waals surface area (Å²) in [5.74, 6) is -1.39. The molecule has 0 aromatic heterocycles. The summed E-state index contributed by atoms with van der Waals surface area (Å²) < 4.78 is 5.62. The van der Waals surface area contributed by atoms with E-state index in [4.69, 9.17) is 4.74 Å². The lowest BCUT2D eigenvalue weighted by atomic mass is 9.72. The third-order valence-corrected chi connectivity index (χ3v) is 5.86. The fourth-order valence-corrected chi connectivity index (χ4v) is 3.42. The number of carboxylic acid groups (broad SMARTS) is 2. The average molecular weight is 344 g/mol. The Bertz CT molecular complexity index is 387. The maximum absolute atomic E-state index is 11.6. The Kier molecular flexibility index (Phi) is 10.2. The Labute approximate surface area is 146 Å². The third kappa shape index (κ3) is 5.76. The molecule has 0 fully saturated rings. The molecule has 0 heterocycles. The Hall–Kier alpha value is -1.10. The molecule has 0 aromatic rings. The molecule has 5 nitrogen and oxygen atoms in total. The molecule has 1 atom stereocenters. The first-order chi connectivity index (χ1) is 11.2. The van der Waals surface area contributed by atoms with Crippen LogP contribution in [0.1, 0.15) is 79.6 Å². The van der Waals surface area contributed by atoms with E-state index in [0.29, 0.717) is 45.3 Å². The Morgan fingerprint density at radius 1 is 0.875 bits per heavy atom. The summed E-state index contributed by atoms with van der Waals surface area (Å²) in [5.41, 5.74) is -1.33. The van der Waals surface area contributed by atoms with Crippen LogP contribution in [-0.4, -0.2) is 35.4 Å². The lowest BCUT2D eigenvalue weighted by Crippen LogP contribution is -2.37. The van der Waals surface area contributed by atoms with Crippen LogP contribution < -0.4 is 0 Å². The van der Waals surface area contributed by atoms with Crippen molar-refractivity contribution < 1.29 is 24.5 Å². The third-order valence-electron chi connectivity index (χ3n) is 5.86. The SMILES string of the molecule is CCC(CC)(CCCCOCCC(CC)(C(=O)O)C(C)C)C(=O)O. The van der Waals surface area contributed by atoms with E-state index in [2.05, 4.69) is 0 Å². The Morgan fingerprint density at radius 3 is 1.83 bits per heavy atom. The number of carbonyl (C=O) groups is 2. The molecular formula is C19H36O5. The summed E-state index contributed by atoms with van der Waals surface area (Å²) in [6.45, 7) is 10.6. The van der Waals surface area contributed by atoms with E-state index in [9.17, 15) is 19.8 Å². The molecule has 0 radical (unpaired) electrons. The number of unbranched alkanes of at least 4 members (excludes halogenated alkanes) is 1. The molecular weight excluding hydrogens is 308 g/mol. The van der Waals surface area contributed by atoms with E-state index < -0.39 is 22.8 Å². The molecule has 5 heteroatoms. The standard InChI is InChI=1S/C19H36O5/c1-6-18(7-2,16(20)21)11-9-10-13-24-14-12-19(8-3,15(4)5)17(22)23/h15H,6-14H2,1-5H3,(H,20,21)(H,22,23). The number of aliphatic carboxylic acids is 2. The van der Waals surface area contributed by atoms with Gasteiger partial charge in [0.25, 0.3) is 0 Å². The highest BCUT2D eigenvalue weighted by molar-refractivity contribution is 5.75. The van der Waals surface area contributed by atoms with Crippen LogP contribution in [0.15, 0.2) is 0 Å². The predicted molar refractivity (Wildman–Crippen MR) is 95.1 cm³/mol. The van der Waals surface area contributed by atoms with Crippen molar-refractivity contribution in [3.63, 3.8) is 0 Å². The zero-order valence-electron chi connectivity index (χ0n) is 16.1. The minimum absolute atomic E-state index is 0.0638. The largest absolute Gasteiger partial charge is 0.481 e. The van der Waals surface area contributed by atoms with Gasteiger partial charge in [-0.3, -0.25) is 9.59 Å². The van der Waals surface area contributed by atoms with Gasteiger partial charge < -0.3 is 14.9 Å². The normalized spacial score (nSPS) is 14.6. The fourth-order valence-electron chi connectivity index (χ4n) is 3.42. The molecule has 142 valence electrons. The minimum Gasteiger partial charge on any atom is -0.481 e. The maximum Gasteiger partial charge on any atom is 0.309 e. The summed E-state index contributed by atoms with van der Waals surface area (Å²) in [7, 11) is 0. The number of hydrogen-bond acceptors (Lipinski definition) is 3. The van der Waals surface area contributed by atoms with Gasteiger partial charge in [0.1, 0.15) is 0 Å². The highest BCUT2D eigenvalue weighted by Gasteiger charge is 2.39. The van der Waals surface area contributed by atoms with Crippen molar-refractivity contribution >= 4 is 11.9 Å². The van der Waals surface area contributed by atoms with E-state index in [1.54, 1.807) is 0 Å². The molecule has 0 aliphatic carbocycles. The fraction of sp³-hybridized carbons (Fsp3) is 0.895. The molecule has 0 aromatic carbocycles. The lowest BCUT2D eigenvalue weighted by molar-refractivity contribution is -0.154. The number of hydrogen-bond donors (Lipinski definition) is 2. The molecule has 0 amide bonds. The van der Waals surface area contributed by atoms with Crippen LogP contribution in [0.3, 0.4) is 0 Å². The Balaban J connectivity index is 4.19. The van der Waals surface area contributed by atoms with Crippen LogP contribution in [0.25, 0.3) is 0 Å². The molecule has 24 heavy (non-hydrogen) atoms. The van der Waals surface area contributed by atoms with Gasteiger partial charge in [0, 0.05) is 13.2 Å². The molecule has 0 spiro atoms. The topological polar surface area (TPSA) is 83.8 Å². The summed E-state index contributed by atoms with van der Waals surface area (Å²) >= 11 is 0. The second kappa shape index (κ2) is 10.7. The molecule has 0 rings (SSSR count). The average Bonchev–Trinajstić information content (AvgIpc) is 2.53. The van der Waals surface area contributed by atoms with Gasteiger partial charge in [-0.15, -0.1) is 0 Å². The van der Waals surface area contributed by atoms with E-state index in [1.807, 2.05) is 34.6 Å². The van der Waals surface area contributed by atoms with E-state index in [1.165, 1.54) is 0 Å². The zero-order chi connectivity index (χ0) is 18.8. The van der Waals surface area contributed by atoms with Gasteiger partial charge in [-0.25, -0.2) is 0 Å². The summed E-state index contributed by atoms with van der Waals surface area (Å²) in [4.78, 5) is 23.0. The van der Waals surface area contributed by atoms with Crippen molar-refractivity contribution in [3.8, 4) is 0 Å². The van der Waals surface area contributed by atoms with Gasteiger partial charge in [-0.2, -0.15) is 0 Å². The van der Waals surface area contributed by atoms with E-state index in [0.717, 1.165) is 12.8 Å². The second-order valence-corrected chi connectivity index (χ2v) is 7.08. The summed E-state index contributed by atoms with van der Waals surface area (Å²) in [6, 6.07) is 0. The van der Waals surface area contributed by atoms with Crippen molar-refractivity contribution in [3.05, 3.63) is 0 Å². The summed E-state index contributed by atoms with van der Waals surface area (Å²) in [6.07, 6.45) is 4.69. The first-order valence-corrected chi connectivity index (χ1v) is 9.27. The maximum atomic E-state index is 11.6. The van der Waals surface area contributed by atoms with Crippen LogP contribution in [-0.2, 0) is 14.3 Å². The van der Waals surface area contributed by atoms with Crippen molar-refractivity contribution in [2.75, 3.05) is 13.2 Å².